The number of benzene rings is 1. The predicted molar refractivity (Wildman–Crippen MR) is 126 cm³/mol. The standard InChI is InChI=1S/C23H28BrN3O3S/c24-17-5-3-4-15(12-17)13-20-23(30)27(18-6-1-2-7-19(18)31-20)14-21(28)26-10-8-16(9-11-26)22(25)29/h3-5,12-13,16,18-19H,1-2,6-11,14H2,(H2,25,29)/b20-13+. The molecule has 8 heteroatoms. The van der Waals surface area contributed by atoms with Gasteiger partial charge in [-0.15, -0.1) is 11.8 Å². The van der Waals surface area contributed by atoms with Crippen LogP contribution in [0.4, 0.5) is 0 Å². The lowest BCUT2D eigenvalue weighted by molar-refractivity contribution is -0.142. The van der Waals surface area contributed by atoms with E-state index in [1.807, 2.05) is 35.2 Å². The molecule has 166 valence electrons. The molecule has 2 saturated heterocycles. The predicted octanol–water partition coefficient (Wildman–Crippen LogP) is 3.40. The maximum absolute atomic E-state index is 13.4. The highest BCUT2D eigenvalue weighted by Crippen LogP contribution is 2.42. The number of nitrogens with zero attached hydrogens (tertiary/aromatic N) is 2. The van der Waals surface area contributed by atoms with Gasteiger partial charge < -0.3 is 15.5 Å². The van der Waals surface area contributed by atoms with Crippen molar-refractivity contribution in [3.63, 3.8) is 0 Å². The summed E-state index contributed by atoms with van der Waals surface area (Å²) in [6.07, 6.45) is 7.41. The molecule has 2 heterocycles. The van der Waals surface area contributed by atoms with Crippen molar-refractivity contribution in [3.8, 4) is 0 Å². The van der Waals surface area contributed by atoms with Crippen LogP contribution in [0.2, 0.25) is 0 Å². The fourth-order valence-electron chi connectivity index (χ4n) is 4.77. The normalized spacial score (nSPS) is 26.1. The second-order valence-electron chi connectivity index (χ2n) is 8.56. The van der Waals surface area contributed by atoms with Gasteiger partial charge in [-0.3, -0.25) is 14.4 Å². The van der Waals surface area contributed by atoms with Crippen LogP contribution in [0.25, 0.3) is 6.08 Å². The van der Waals surface area contributed by atoms with Gasteiger partial charge in [0.2, 0.25) is 11.8 Å². The average Bonchev–Trinajstić information content (AvgIpc) is 2.76. The van der Waals surface area contributed by atoms with E-state index in [4.69, 9.17) is 5.73 Å². The van der Waals surface area contributed by atoms with Crippen LogP contribution in [0.15, 0.2) is 33.6 Å². The Kier molecular flexibility index (Phi) is 7.06. The molecular weight excluding hydrogens is 478 g/mol. The van der Waals surface area contributed by atoms with Crippen LogP contribution in [0.3, 0.4) is 0 Å². The number of hydrogen-bond donors (Lipinski definition) is 1. The molecule has 1 aliphatic carbocycles. The smallest absolute Gasteiger partial charge is 0.261 e. The molecule has 3 fully saturated rings. The summed E-state index contributed by atoms with van der Waals surface area (Å²) in [5.74, 6) is -0.523. The third kappa shape index (κ3) is 5.17. The zero-order valence-electron chi connectivity index (χ0n) is 17.5. The van der Waals surface area contributed by atoms with E-state index in [9.17, 15) is 14.4 Å². The Morgan fingerprint density at radius 3 is 2.61 bits per heavy atom. The highest BCUT2D eigenvalue weighted by atomic mass is 79.9. The minimum Gasteiger partial charge on any atom is -0.369 e. The van der Waals surface area contributed by atoms with E-state index in [1.165, 1.54) is 0 Å². The van der Waals surface area contributed by atoms with Crippen LogP contribution < -0.4 is 5.73 Å². The van der Waals surface area contributed by atoms with Gasteiger partial charge in [0, 0.05) is 34.8 Å². The van der Waals surface area contributed by atoms with Crippen LogP contribution in [0, 0.1) is 5.92 Å². The molecule has 2 atom stereocenters. The number of nitrogens with two attached hydrogens (primary N) is 1. The lowest BCUT2D eigenvalue weighted by Gasteiger charge is -2.44. The number of thioether (sulfide) groups is 1. The molecule has 31 heavy (non-hydrogen) atoms. The molecule has 0 aromatic heterocycles. The van der Waals surface area contributed by atoms with Crippen molar-refractivity contribution in [2.24, 2.45) is 11.7 Å². The molecule has 1 aromatic carbocycles. The summed E-state index contributed by atoms with van der Waals surface area (Å²) in [4.78, 5) is 42.2. The third-order valence-corrected chi connectivity index (χ3v) is 8.41. The van der Waals surface area contributed by atoms with E-state index in [0.717, 1.165) is 35.7 Å². The van der Waals surface area contributed by atoms with Crippen molar-refractivity contribution >= 4 is 51.5 Å². The van der Waals surface area contributed by atoms with Crippen molar-refractivity contribution in [1.29, 1.82) is 0 Å². The topological polar surface area (TPSA) is 83.7 Å². The summed E-state index contributed by atoms with van der Waals surface area (Å²) in [6.45, 7) is 1.16. The number of rotatable bonds is 4. The number of halogens is 1. The van der Waals surface area contributed by atoms with Gasteiger partial charge in [0.25, 0.3) is 5.91 Å². The Morgan fingerprint density at radius 2 is 1.90 bits per heavy atom. The van der Waals surface area contributed by atoms with Gasteiger partial charge in [-0.25, -0.2) is 0 Å². The van der Waals surface area contributed by atoms with Crippen molar-refractivity contribution < 1.29 is 14.4 Å². The maximum Gasteiger partial charge on any atom is 0.261 e. The van der Waals surface area contributed by atoms with E-state index < -0.39 is 0 Å². The zero-order valence-corrected chi connectivity index (χ0v) is 19.9. The molecule has 3 aliphatic rings. The minimum atomic E-state index is -0.289. The lowest BCUT2D eigenvalue weighted by atomic mass is 9.92. The molecule has 4 rings (SSSR count). The number of carbonyl (C=O) groups is 3. The minimum absolute atomic E-state index is 0.0331. The number of fused-ring (bicyclic) bond motifs is 1. The fraction of sp³-hybridized carbons (Fsp3) is 0.522. The Balaban J connectivity index is 1.51. The highest BCUT2D eigenvalue weighted by Gasteiger charge is 2.42. The fourth-order valence-corrected chi connectivity index (χ4v) is 6.66. The Hall–Kier alpha value is -1.80. The van der Waals surface area contributed by atoms with Gasteiger partial charge in [-0.05, 0) is 49.5 Å². The molecule has 2 aliphatic heterocycles. The van der Waals surface area contributed by atoms with Crippen molar-refractivity contribution in [1.82, 2.24) is 9.80 Å². The first-order chi connectivity index (χ1) is 14.9. The Labute approximate surface area is 195 Å². The van der Waals surface area contributed by atoms with Crippen LogP contribution in [-0.2, 0) is 14.4 Å². The number of hydrogen-bond acceptors (Lipinski definition) is 4. The number of carbonyl (C=O) groups excluding carboxylic acids is 3. The average molecular weight is 506 g/mol. The Morgan fingerprint density at radius 1 is 1.16 bits per heavy atom. The summed E-state index contributed by atoms with van der Waals surface area (Å²) in [5, 5.41) is 0.332. The number of amides is 3. The second kappa shape index (κ2) is 9.77. The largest absolute Gasteiger partial charge is 0.369 e. The summed E-state index contributed by atoms with van der Waals surface area (Å²) in [6, 6.07) is 8.00. The van der Waals surface area contributed by atoms with E-state index in [1.54, 1.807) is 16.7 Å². The van der Waals surface area contributed by atoms with Gasteiger partial charge in [0.15, 0.2) is 0 Å². The van der Waals surface area contributed by atoms with Gasteiger partial charge in [0.1, 0.15) is 6.54 Å². The summed E-state index contributed by atoms with van der Waals surface area (Å²) >= 11 is 5.16. The molecule has 0 radical (unpaired) electrons. The van der Waals surface area contributed by atoms with Gasteiger partial charge in [-0.1, -0.05) is 40.9 Å². The SMILES string of the molecule is NC(=O)C1CCN(C(=O)CN2C(=O)/C(=C\c3cccc(Br)c3)SC3CCCCC32)CC1. The molecule has 6 nitrogen and oxygen atoms in total. The van der Waals surface area contributed by atoms with Gasteiger partial charge >= 0.3 is 0 Å². The van der Waals surface area contributed by atoms with Crippen molar-refractivity contribution in [2.45, 2.75) is 49.8 Å². The van der Waals surface area contributed by atoms with Crippen LogP contribution >= 0.6 is 27.7 Å². The quantitative estimate of drug-likeness (QED) is 0.635. The third-order valence-electron chi connectivity index (χ3n) is 6.52. The molecule has 1 aromatic rings. The first kappa shape index (κ1) is 22.4. The summed E-state index contributed by atoms with van der Waals surface area (Å²) < 4.78 is 0.969. The monoisotopic (exact) mass is 505 g/mol. The van der Waals surface area contributed by atoms with Crippen molar-refractivity contribution in [3.05, 3.63) is 39.2 Å². The maximum atomic E-state index is 13.4. The van der Waals surface area contributed by atoms with Gasteiger partial charge in [0.05, 0.1) is 4.91 Å². The number of likely N-dealkylation sites (tertiary alicyclic amines) is 1. The molecule has 0 bridgehead atoms. The van der Waals surface area contributed by atoms with Crippen LogP contribution in [0.5, 0.6) is 0 Å². The molecule has 2 unspecified atom stereocenters. The molecule has 1 saturated carbocycles. The van der Waals surface area contributed by atoms with E-state index >= 15 is 0 Å². The summed E-state index contributed by atoms with van der Waals surface area (Å²) in [5.41, 5.74) is 6.38. The first-order valence-corrected chi connectivity index (χ1v) is 12.6. The van der Waals surface area contributed by atoms with E-state index in [-0.39, 0.29) is 36.2 Å². The van der Waals surface area contributed by atoms with E-state index in [0.29, 0.717) is 36.1 Å². The molecule has 2 N–H and O–H groups in total. The zero-order chi connectivity index (χ0) is 22.0. The second-order valence-corrected chi connectivity index (χ2v) is 10.8. The van der Waals surface area contributed by atoms with E-state index in [2.05, 4.69) is 15.9 Å². The van der Waals surface area contributed by atoms with Gasteiger partial charge in [-0.2, -0.15) is 0 Å². The number of primary amides is 1. The van der Waals surface area contributed by atoms with Crippen LogP contribution in [-0.4, -0.2) is 58.4 Å². The highest BCUT2D eigenvalue weighted by molar-refractivity contribution is 9.10. The summed E-state index contributed by atoms with van der Waals surface area (Å²) in [7, 11) is 0. The lowest BCUT2D eigenvalue weighted by Crippen LogP contribution is -2.55. The molecular formula is C23H28BrN3O3S. The molecule has 0 spiro atoms. The van der Waals surface area contributed by atoms with Crippen LogP contribution in [0.1, 0.15) is 44.1 Å². The molecule has 3 amide bonds. The first-order valence-electron chi connectivity index (χ1n) is 10.9. The number of piperidine rings is 1. The Bertz CT molecular complexity index is 898. The van der Waals surface area contributed by atoms with Crippen molar-refractivity contribution in [2.75, 3.05) is 19.6 Å².